The topological polar surface area (TPSA) is 75.6 Å². The average Bonchev–Trinajstić information content (AvgIpc) is 2.86. The van der Waals surface area contributed by atoms with Gasteiger partial charge in [-0.3, -0.25) is 0 Å². The summed E-state index contributed by atoms with van der Waals surface area (Å²) >= 11 is 0. The van der Waals surface area contributed by atoms with Crippen LogP contribution in [-0.2, 0) is 14.4 Å². The van der Waals surface area contributed by atoms with Gasteiger partial charge < -0.3 is 9.53 Å². The Kier molecular flexibility index (Phi) is 6.19. The molecule has 0 heterocycles. The van der Waals surface area contributed by atoms with Crippen molar-refractivity contribution >= 4 is 18.3 Å². The maximum atomic E-state index is 12.7. The second kappa shape index (κ2) is 7.56. The van der Waals surface area contributed by atoms with E-state index >= 15 is 0 Å². The van der Waals surface area contributed by atoms with Crippen molar-refractivity contribution in [3.63, 3.8) is 0 Å². The minimum Gasteiger partial charge on any atom is -0.410 e. The number of aliphatic hydroxyl groups excluding tert-OH is 1. The Morgan fingerprint density at radius 2 is 1.73 bits per heavy atom. The highest BCUT2D eigenvalue weighted by Crippen LogP contribution is 2.39. The summed E-state index contributed by atoms with van der Waals surface area (Å²) in [5.74, 6) is -0.329. The summed E-state index contributed by atoms with van der Waals surface area (Å²) in [6.45, 7) is 12.5. The first-order valence-corrected chi connectivity index (χ1v) is 13.3. The zero-order chi connectivity index (χ0) is 19.8. The lowest BCUT2D eigenvalue weighted by Crippen LogP contribution is -2.48. The number of benzene rings is 1. The van der Waals surface area contributed by atoms with E-state index in [9.17, 15) is 13.5 Å². The Hall–Kier alpha value is -0.993. The number of hydrogen-bond donors (Lipinski definition) is 2. The van der Waals surface area contributed by atoms with Crippen LogP contribution in [0.4, 0.5) is 0 Å². The molecule has 2 N–H and O–H groups in total. The third-order valence-corrected chi connectivity index (χ3v) is 11.4. The molecule has 0 radical (unpaired) electrons. The third-order valence-electron chi connectivity index (χ3n) is 5.46. The summed E-state index contributed by atoms with van der Waals surface area (Å²) in [4.78, 5) is 0.224. The van der Waals surface area contributed by atoms with Gasteiger partial charge >= 0.3 is 0 Å². The molecule has 1 aromatic rings. The average molecular weight is 398 g/mol. The van der Waals surface area contributed by atoms with Crippen LogP contribution >= 0.6 is 0 Å². The number of aliphatic hydroxyl groups is 1. The molecule has 0 amide bonds. The molecule has 146 valence electrons. The van der Waals surface area contributed by atoms with Crippen molar-refractivity contribution in [2.75, 3.05) is 6.61 Å². The summed E-state index contributed by atoms with van der Waals surface area (Å²) in [7, 11) is -5.68. The Morgan fingerprint density at radius 3 is 2.23 bits per heavy atom. The SMILES string of the molecule is Cc1ccc(S(=O)(=O)N[C@@H]2C=C[C@H](O[Si](C)(C)C(C)(C)C)[C@@H]2CO)cc1. The maximum absolute atomic E-state index is 12.7. The minimum absolute atomic E-state index is 0.0420. The van der Waals surface area contributed by atoms with E-state index in [1.165, 1.54) is 0 Å². The van der Waals surface area contributed by atoms with E-state index in [1.54, 1.807) is 30.3 Å². The highest BCUT2D eigenvalue weighted by molar-refractivity contribution is 7.89. The van der Waals surface area contributed by atoms with Crippen LogP contribution in [0.3, 0.4) is 0 Å². The lowest BCUT2D eigenvalue weighted by Gasteiger charge is -2.40. The third kappa shape index (κ3) is 4.64. The van der Waals surface area contributed by atoms with Crippen molar-refractivity contribution in [2.24, 2.45) is 5.92 Å². The molecule has 0 aliphatic heterocycles. The molecule has 0 bridgehead atoms. The largest absolute Gasteiger partial charge is 0.410 e. The van der Waals surface area contributed by atoms with Gasteiger partial charge in [-0.15, -0.1) is 0 Å². The van der Waals surface area contributed by atoms with Crippen LogP contribution in [0, 0.1) is 12.8 Å². The maximum Gasteiger partial charge on any atom is 0.241 e. The highest BCUT2D eigenvalue weighted by Gasteiger charge is 2.43. The van der Waals surface area contributed by atoms with Crippen molar-refractivity contribution in [3.05, 3.63) is 42.0 Å². The predicted molar refractivity (Wildman–Crippen MR) is 107 cm³/mol. The number of sulfonamides is 1. The fourth-order valence-electron chi connectivity index (χ4n) is 2.67. The van der Waals surface area contributed by atoms with Crippen molar-refractivity contribution in [1.29, 1.82) is 0 Å². The van der Waals surface area contributed by atoms with Gasteiger partial charge in [-0.1, -0.05) is 50.6 Å². The molecule has 0 saturated carbocycles. The Balaban J connectivity index is 2.15. The first-order valence-electron chi connectivity index (χ1n) is 8.93. The standard InChI is InChI=1S/C19H31NO4SSi/c1-14-7-9-15(10-8-14)25(22,23)20-17-11-12-18(16(17)13-21)24-26(5,6)19(2,3)4/h7-12,16-18,20-21H,13H2,1-6H3/t16-,17-,18+/m1/s1. The van der Waals surface area contributed by atoms with E-state index < -0.39 is 24.4 Å². The summed E-state index contributed by atoms with van der Waals surface area (Å²) in [6, 6.07) is 6.24. The van der Waals surface area contributed by atoms with Crippen LogP contribution in [0.2, 0.25) is 18.1 Å². The molecule has 2 rings (SSSR count). The Bertz CT molecular complexity index is 751. The summed E-state index contributed by atoms with van der Waals surface area (Å²) < 4.78 is 34.4. The second-order valence-electron chi connectivity index (χ2n) is 8.53. The molecule has 0 unspecified atom stereocenters. The summed E-state index contributed by atoms with van der Waals surface area (Å²) in [6.07, 6.45) is 3.39. The van der Waals surface area contributed by atoms with Crippen molar-refractivity contribution in [1.82, 2.24) is 4.72 Å². The summed E-state index contributed by atoms with van der Waals surface area (Å²) in [5.41, 5.74) is 1.00. The van der Waals surface area contributed by atoms with Crippen molar-refractivity contribution < 1.29 is 18.0 Å². The first kappa shape index (κ1) is 21.3. The molecule has 5 nitrogen and oxygen atoms in total. The Morgan fingerprint density at radius 1 is 1.15 bits per heavy atom. The van der Waals surface area contributed by atoms with Gasteiger partial charge in [0.05, 0.1) is 17.6 Å². The van der Waals surface area contributed by atoms with Gasteiger partial charge in [0.15, 0.2) is 8.32 Å². The fourth-order valence-corrected chi connectivity index (χ4v) is 5.20. The molecule has 0 fully saturated rings. The molecule has 7 heteroatoms. The number of nitrogens with one attached hydrogen (secondary N) is 1. The van der Waals surface area contributed by atoms with Gasteiger partial charge in [0.2, 0.25) is 10.0 Å². The quantitative estimate of drug-likeness (QED) is 0.571. The van der Waals surface area contributed by atoms with Crippen LogP contribution < -0.4 is 4.72 Å². The van der Waals surface area contributed by atoms with Gasteiger partial charge in [0.1, 0.15) is 0 Å². The normalized spacial score (nSPS) is 24.2. The molecular weight excluding hydrogens is 366 g/mol. The molecule has 1 aliphatic rings. The molecule has 0 aromatic heterocycles. The van der Waals surface area contributed by atoms with Gasteiger partial charge in [0.25, 0.3) is 0 Å². The number of rotatable bonds is 6. The number of hydrogen-bond acceptors (Lipinski definition) is 4. The van der Waals surface area contributed by atoms with E-state index in [0.29, 0.717) is 0 Å². The van der Waals surface area contributed by atoms with E-state index in [2.05, 4.69) is 38.6 Å². The van der Waals surface area contributed by atoms with E-state index in [4.69, 9.17) is 4.43 Å². The van der Waals surface area contributed by atoms with Crippen LogP contribution in [0.15, 0.2) is 41.3 Å². The highest BCUT2D eigenvalue weighted by atomic mass is 32.2. The minimum atomic E-state index is -3.66. The van der Waals surface area contributed by atoms with E-state index in [1.807, 2.05) is 13.0 Å². The fraction of sp³-hybridized carbons (Fsp3) is 0.579. The lowest BCUT2D eigenvalue weighted by atomic mass is 10.0. The molecule has 26 heavy (non-hydrogen) atoms. The zero-order valence-electron chi connectivity index (χ0n) is 16.5. The van der Waals surface area contributed by atoms with E-state index in [-0.39, 0.29) is 28.6 Å². The van der Waals surface area contributed by atoms with Crippen LogP contribution in [-0.4, -0.2) is 40.6 Å². The summed E-state index contributed by atoms with van der Waals surface area (Å²) in [5, 5.41) is 9.91. The van der Waals surface area contributed by atoms with Crippen LogP contribution in [0.25, 0.3) is 0 Å². The monoisotopic (exact) mass is 397 g/mol. The first-order chi connectivity index (χ1) is 11.9. The van der Waals surface area contributed by atoms with E-state index in [0.717, 1.165) is 5.56 Å². The Labute approximate surface area is 158 Å². The molecule has 0 saturated heterocycles. The molecular formula is C19H31NO4SSi. The van der Waals surface area contributed by atoms with Crippen molar-refractivity contribution in [3.8, 4) is 0 Å². The second-order valence-corrected chi connectivity index (χ2v) is 15.0. The van der Waals surface area contributed by atoms with Crippen molar-refractivity contribution in [2.45, 2.75) is 62.9 Å². The molecule has 1 aliphatic carbocycles. The molecule has 1 aromatic carbocycles. The van der Waals surface area contributed by atoms with Gasteiger partial charge in [-0.25, -0.2) is 13.1 Å². The lowest BCUT2D eigenvalue weighted by molar-refractivity contribution is 0.107. The smallest absolute Gasteiger partial charge is 0.241 e. The zero-order valence-corrected chi connectivity index (χ0v) is 18.3. The van der Waals surface area contributed by atoms with Crippen LogP contribution in [0.5, 0.6) is 0 Å². The van der Waals surface area contributed by atoms with Gasteiger partial charge in [-0.05, 0) is 37.2 Å². The van der Waals surface area contributed by atoms with Crippen LogP contribution in [0.1, 0.15) is 26.3 Å². The van der Waals surface area contributed by atoms with Gasteiger partial charge in [0, 0.05) is 12.0 Å². The molecule has 0 spiro atoms. The number of aryl methyl sites for hydroxylation is 1. The van der Waals surface area contributed by atoms with Gasteiger partial charge in [-0.2, -0.15) is 0 Å². The molecule has 3 atom stereocenters. The predicted octanol–water partition coefficient (Wildman–Crippen LogP) is 3.21.